The first-order valence-electron chi connectivity index (χ1n) is 8.26. The van der Waals surface area contributed by atoms with Gasteiger partial charge in [0.1, 0.15) is 12.1 Å². The summed E-state index contributed by atoms with van der Waals surface area (Å²) < 4.78 is 4.98. The number of hydrogen-bond donors (Lipinski definition) is 3. The van der Waals surface area contributed by atoms with E-state index in [1.165, 1.54) is 7.11 Å². The summed E-state index contributed by atoms with van der Waals surface area (Å²) in [5, 5.41) is 9.44. The molecule has 0 radical (unpaired) electrons. The second kappa shape index (κ2) is 9.60. The molecule has 2 unspecified atom stereocenters. The molecule has 6 nitrogen and oxygen atoms in total. The molecule has 2 amide bonds. The van der Waals surface area contributed by atoms with E-state index >= 15 is 0 Å². The van der Waals surface area contributed by atoms with Crippen molar-refractivity contribution in [1.82, 2.24) is 0 Å². The molecule has 0 heterocycles. The van der Waals surface area contributed by atoms with Crippen molar-refractivity contribution in [2.45, 2.75) is 26.0 Å². The van der Waals surface area contributed by atoms with Gasteiger partial charge in [-0.1, -0.05) is 29.3 Å². The Kier molecular flexibility index (Phi) is 7.47. The highest BCUT2D eigenvalue weighted by Gasteiger charge is 2.15. The zero-order valence-corrected chi connectivity index (χ0v) is 16.7. The van der Waals surface area contributed by atoms with E-state index in [0.29, 0.717) is 27.1 Å². The summed E-state index contributed by atoms with van der Waals surface area (Å²) in [4.78, 5) is 24.3. The van der Waals surface area contributed by atoms with Gasteiger partial charge in [-0.05, 0) is 50.2 Å². The lowest BCUT2D eigenvalue weighted by Gasteiger charge is -2.17. The molecule has 0 saturated carbocycles. The fraction of sp³-hybridized carbons (Fsp3) is 0.263. The Labute approximate surface area is 168 Å². The third-order valence-corrected chi connectivity index (χ3v) is 4.37. The van der Waals surface area contributed by atoms with Crippen molar-refractivity contribution in [3.63, 3.8) is 0 Å². The smallest absolute Gasteiger partial charge is 0.253 e. The number of halogens is 2. The van der Waals surface area contributed by atoms with E-state index in [9.17, 15) is 9.59 Å². The molecule has 8 heteroatoms. The average Bonchev–Trinajstić information content (AvgIpc) is 2.63. The molecular weight excluding hydrogens is 389 g/mol. The number of ether oxygens (including phenoxy) is 1. The van der Waals surface area contributed by atoms with Crippen LogP contribution in [0.3, 0.4) is 0 Å². The quantitative estimate of drug-likeness (QED) is 0.632. The van der Waals surface area contributed by atoms with Crippen LogP contribution in [0.15, 0.2) is 42.5 Å². The first kappa shape index (κ1) is 21.0. The number of amides is 2. The molecule has 2 atom stereocenters. The lowest BCUT2D eigenvalue weighted by molar-refractivity contribution is -0.124. The molecule has 0 spiro atoms. The van der Waals surface area contributed by atoms with Crippen molar-refractivity contribution in [1.29, 1.82) is 0 Å². The Morgan fingerprint density at radius 1 is 0.963 bits per heavy atom. The molecule has 2 aromatic rings. The molecule has 0 aliphatic rings. The van der Waals surface area contributed by atoms with Gasteiger partial charge in [0, 0.05) is 23.5 Å². The Morgan fingerprint density at radius 3 is 2.33 bits per heavy atom. The monoisotopic (exact) mass is 409 g/mol. The standard InChI is InChI=1S/C19H21Cl2N3O3/c1-11(18(25)24-17-8-7-13(20)9-16(17)21)22-14-5-4-6-15(10-14)23-19(26)12(2)27-3/h4-12,22H,1-3H3,(H,23,26)(H,24,25). The molecule has 0 aliphatic heterocycles. The molecular formula is C19H21Cl2N3O3. The van der Waals surface area contributed by atoms with Crippen LogP contribution in [0.2, 0.25) is 10.0 Å². The number of hydrogen-bond acceptors (Lipinski definition) is 4. The van der Waals surface area contributed by atoms with E-state index < -0.39 is 12.1 Å². The minimum atomic E-state index is -0.560. The van der Waals surface area contributed by atoms with Crippen LogP contribution in [-0.2, 0) is 14.3 Å². The summed E-state index contributed by atoms with van der Waals surface area (Å²) in [5.74, 6) is -0.514. The van der Waals surface area contributed by atoms with Crippen molar-refractivity contribution in [2.75, 3.05) is 23.1 Å². The van der Waals surface area contributed by atoms with E-state index in [0.717, 1.165) is 0 Å². The van der Waals surface area contributed by atoms with E-state index in [1.807, 2.05) is 0 Å². The van der Waals surface area contributed by atoms with Crippen molar-refractivity contribution >= 4 is 52.1 Å². The van der Waals surface area contributed by atoms with Gasteiger partial charge >= 0.3 is 0 Å². The van der Waals surface area contributed by atoms with E-state index in [-0.39, 0.29) is 11.8 Å². The highest BCUT2D eigenvalue weighted by Crippen LogP contribution is 2.25. The molecule has 3 N–H and O–H groups in total. The summed E-state index contributed by atoms with van der Waals surface area (Å²) in [6.45, 7) is 3.38. The van der Waals surface area contributed by atoms with Gasteiger partial charge in [-0.15, -0.1) is 0 Å². The highest BCUT2D eigenvalue weighted by molar-refractivity contribution is 6.36. The lowest BCUT2D eigenvalue weighted by atomic mass is 10.2. The zero-order chi connectivity index (χ0) is 20.0. The van der Waals surface area contributed by atoms with E-state index in [4.69, 9.17) is 27.9 Å². The number of benzene rings is 2. The van der Waals surface area contributed by atoms with Crippen LogP contribution >= 0.6 is 23.2 Å². The molecule has 0 fully saturated rings. The molecule has 2 aromatic carbocycles. The summed E-state index contributed by atoms with van der Waals surface area (Å²) in [6, 6.07) is 11.4. The maximum absolute atomic E-state index is 12.4. The number of rotatable bonds is 7. The number of anilines is 3. The van der Waals surface area contributed by atoms with Gasteiger partial charge in [0.25, 0.3) is 5.91 Å². The summed E-state index contributed by atoms with van der Waals surface area (Å²) in [7, 11) is 1.47. The fourth-order valence-corrected chi connectivity index (χ4v) is 2.64. The van der Waals surface area contributed by atoms with Crippen LogP contribution in [-0.4, -0.2) is 31.1 Å². The molecule has 144 valence electrons. The largest absolute Gasteiger partial charge is 0.374 e. The van der Waals surface area contributed by atoms with Crippen molar-refractivity contribution in [2.24, 2.45) is 0 Å². The summed E-state index contributed by atoms with van der Waals surface area (Å²) in [5.41, 5.74) is 1.76. The van der Waals surface area contributed by atoms with Crippen molar-refractivity contribution in [3.8, 4) is 0 Å². The zero-order valence-electron chi connectivity index (χ0n) is 15.2. The third-order valence-electron chi connectivity index (χ3n) is 3.82. The molecule has 0 saturated heterocycles. The summed E-state index contributed by atoms with van der Waals surface area (Å²) in [6.07, 6.45) is -0.560. The minimum absolute atomic E-state index is 0.252. The normalized spacial score (nSPS) is 12.8. The van der Waals surface area contributed by atoms with Crippen LogP contribution in [0.5, 0.6) is 0 Å². The van der Waals surface area contributed by atoms with Gasteiger partial charge in [-0.25, -0.2) is 0 Å². The molecule has 0 aromatic heterocycles. The molecule has 0 bridgehead atoms. The van der Waals surface area contributed by atoms with Gasteiger partial charge in [0.2, 0.25) is 5.91 Å². The van der Waals surface area contributed by atoms with Crippen molar-refractivity contribution in [3.05, 3.63) is 52.5 Å². The third kappa shape index (κ3) is 6.13. The topological polar surface area (TPSA) is 79.5 Å². The Bertz CT molecular complexity index is 830. The number of carbonyl (C=O) groups is 2. The predicted molar refractivity (Wildman–Crippen MR) is 110 cm³/mol. The van der Waals surface area contributed by atoms with Crippen LogP contribution in [0.25, 0.3) is 0 Å². The summed E-state index contributed by atoms with van der Waals surface area (Å²) >= 11 is 11.9. The van der Waals surface area contributed by atoms with Gasteiger partial charge < -0.3 is 20.7 Å². The number of nitrogens with one attached hydrogen (secondary N) is 3. The van der Waals surface area contributed by atoms with Crippen LogP contribution in [0.1, 0.15) is 13.8 Å². The molecule has 27 heavy (non-hydrogen) atoms. The van der Waals surface area contributed by atoms with Gasteiger partial charge in [-0.3, -0.25) is 9.59 Å². The second-order valence-corrected chi connectivity index (χ2v) is 6.77. The fourth-order valence-electron chi connectivity index (χ4n) is 2.19. The lowest BCUT2D eigenvalue weighted by Crippen LogP contribution is -2.32. The Morgan fingerprint density at radius 2 is 1.67 bits per heavy atom. The second-order valence-electron chi connectivity index (χ2n) is 5.93. The predicted octanol–water partition coefficient (Wildman–Crippen LogP) is 4.41. The van der Waals surface area contributed by atoms with Crippen LogP contribution in [0, 0.1) is 0 Å². The maximum Gasteiger partial charge on any atom is 0.253 e. The van der Waals surface area contributed by atoms with E-state index in [1.54, 1.807) is 56.3 Å². The first-order valence-corrected chi connectivity index (χ1v) is 9.02. The van der Waals surface area contributed by atoms with Gasteiger partial charge in [-0.2, -0.15) is 0 Å². The van der Waals surface area contributed by atoms with Crippen LogP contribution < -0.4 is 16.0 Å². The molecule has 2 rings (SSSR count). The number of methoxy groups -OCH3 is 1. The van der Waals surface area contributed by atoms with Gasteiger partial charge in [0.05, 0.1) is 10.7 Å². The minimum Gasteiger partial charge on any atom is -0.374 e. The van der Waals surface area contributed by atoms with Crippen molar-refractivity contribution < 1.29 is 14.3 Å². The Hall–Kier alpha value is -2.28. The first-order chi connectivity index (χ1) is 12.8. The number of carbonyl (C=O) groups excluding carboxylic acids is 2. The molecule has 0 aliphatic carbocycles. The van der Waals surface area contributed by atoms with Crippen LogP contribution in [0.4, 0.5) is 17.1 Å². The van der Waals surface area contributed by atoms with E-state index in [2.05, 4.69) is 16.0 Å². The average molecular weight is 410 g/mol. The van der Waals surface area contributed by atoms with Gasteiger partial charge in [0.15, 0.2) is 0 Å². The Balaban J connectivity index is 2.00. The highest BCUT2D eigenvalue weighted by atomic mass is 35.5. The maximum atomic E-state index is 12.4. The SMILES string of the molecule is COC(C)C(=O)Nc1cccc(NC(C)C(=O)Nc2ccc(Cl)cc2Cl)c1.